The van der Waals surface area contributed by atoms with Gasteiger partial charge in [-0.05, 0) is 72.8 Å². The van der Waals surface area contributed by atoms with Crippen molar-refractivity contribution in [1.82, 2.24) is 4.98 Å². The number of methoxy groups -OCH3 is 2. The summed E-state index contributed by atoms with van der Waals surface area (Å²) >= 11 is 7.15. The van der Waals surface area contributed by atoms with Crippen molar-refractivity contribution in [2.24, 2.45) is 0 Å². The van der Waals surface area contributed by atoms with Gasteiger partial charge >= 0.3 is 0 Å². The highest BCUT2D eigenvalue weighted by Gasteiger charge is 2.25. The topological polar surface area (TPSA) is 111 Å². The maximum absolute atomic E-state index is 13.7. The number of hydrogen-bond donors (Lipinski definition) is 1. The lowest BCUT2D eigenvalue weighted by molar-refractivity contribution is 0.0983. The number of aromatic nitrogens is 1. The van der Waals surface area contributed by atoms with Crippen molar-refractivity contribution in [3.8, 4) is 11.5 Å². The van der Waals surface area contributed by atoms with Crippen molar-refractivity contribution in [2.45, 2.75) is 11.4 Å². The zero-order chi connectivity index (χ0) is 27.6. The van der Waals surface area contributed by atoms with Crippen LogP contribution in [0.4, 0.5) is 10.8 Å². The fourth-order valence-electron chi connectivity index (χ4n) is 3.84. The first-order valence-electron chi connectivity index (χ1n) is 11.5. The van der Waals surface area contributed by atoms with Gasteiger partial charge in [0.1, 0.15) is 27.5 Å². The van der Waals surface area contributed by atoms with Gasteiger partial charge in [0.15, 0.2) is 5.13 Å². The van der Waals surface area contributed by atoms with Crippen LogP contribution >= 0.6 is 22.9 Å². The fraction of sp³-hybridized carbons (Fsp3) is 0.111. The second-order valence-electron chi connectivity index (χ2n) is 8.25. The average Bonchev–Trinajstić information content (AvgIpc) is 3.61. The van der Waals surface area contributed by atoms with Crippen molar-refractivity contribution < 1.29 is 27.1 Å². The SMILES string of the molecule is COc1ccc(OC)c2sc(N(Cc3ccco3)C(=O)c3ccc(NS(=O)(=O)c4ccc(Cl)cc4)cc3)nc12. The van der Waals surface area contributed by atoms with Gasteiger partial charge in [-0.25, -0.2) is 13.4 Å². The Labute approximate surface area is 233 Å². The second-order valence-corrected chi connectivity index (χ2v) is 11.3. The van der Waals surface area contributed by atoms with Crippen LogP contribution in [-0.4, -0.2) is 33.5 Å². The van der Waals surface area contributed by atoms with Crippen LogP contribution in [0.1, 0.15) is 16.1 Å². The van der Waals surface area contributed by atoms with Gasteiger partial charge in [-0.3, -0.25) is 14.4 Å². The predicted octanol–water partition coefficient (Wildman–Crippen LogP) is 6.21. The number of anilines is 2. The van der Waals surface area contributed by atoms with Crippen LogP contribution in [0.5, 0.6) is 11.5 Å². The number of nitrogens with one attached hydrogen (secondary N) is 1. The molecule has 9 nitrogen and oxygen atoms in total. The molecule has 0 atom stereocenters. The van der Waals surface area contributed by atoms with Gasteiger partial charge in [-0.1, -0.05) is 22.9 Å². The summed E-state index contributed by atoms with van der Waals surface area (Å²) in [4.78, 5) is 20.0. The number of ether oxygens (including phenoxy) is 2. The van der Waals surface area contributed by atoms with Gasteiger partial charge in [0, 0.05) is 16.3 Å². The largest absolute Gasteiger partial charge is 0.495 e. The molecule has 200 valence electrons. The van der Waals surface area contributed by atoms with Crippen LogP contribution in [0.3, 0.4) is 0 Å². The van der Waals surface area contributed by atoms with Crippen molar-refractivity contribution in [2.75, 3.05) is 23.8 Å². The molecule has 0 bridgehead atoms. The molecule has 0 unspecified atom stereocenters. The normalized spacial score (nSPS) is 11.4. The van der Waals surface area contributed by atoms with Crippen LogP contribution in [0, 0.1) is 0 Å². The van der Waals surface area contributed by atoms with Crippen LogP contribution in [0.25, 0.3) is 10.2 Å². The summed E-state index contributed by atoms with van der Waals surface area (Å²) in [6, 6.07) is 19.0. The van der Waals surface area contributed by atoms with Crippen molar-refractivity contribution >= 4 is 59.9 Å². The van der Waals surface area contributed by atoms with Crippen LogP contribution in [0.15, 0.2) is 88.4 Å². The maximum atomic E-state index is 13.7. The van der Waals surface area contributed by atoms with Gasteiger partial charge in [0.2, 0.25) is 0 Å². The van der Waals surface area contributed by atoms with E-state index in [9.17, 15) is 13.2 Å². The van der Waals surface area contributed by atoms with Crippen molar-refractivity contribution in [3.05, 3.63) is 95.4 Å². The number of furan rings is 1. The summed E-state index contributed by atoms with van der Waals surface area (Å²) in [5, 5.41) is 0.850. The minimum absolute atomic E-state index is 0.0679. The number of amides is 1. The summed E-state index contributed by atoms with van der Waals surface area (Å²) in [6.45, 7) is 0.126. The van der Waals surface area contributed by atoms with E-state index in [4.69, 9.17) is 30.5 Å². The van der Waals surface area contributed by atoms with Crippen LogP contribution in [-0.2, 0) is 16.6 Å². The number of halogens is 1. The summed E-state index contributed by atoms with van der Waals surface area (Å²) in [5.41, 5.74) is 1.20. The molecular formula is C27H22ClN3O6S2. The Balaban J connectivity index is 1.46. The Kier molecular flexibility index (Phi) is 7.47. The van der Waals surface area contributed by atoms with Gasteiger partial charge in [0.25, 0.3) is 15.9 Å². The Morgan fingerprint density at radius 2 is 1.69 bits per heavy atom. The number of thiazole rings is 1. The summed E-state index contributed by atoms with van der Waals surface area (Å²) in [7, 11) is -0.718. The van der Waals surface area contributed by atoms with Crippen LogP contribution < -0.4 is 19.1 Å². The molecule has 0 fully saturated rings. The molecule has 0 saturated heterocycles. The molecule has 0 aliphatic carbocycles. The number of carbonyl (C=O) groups excluding carboxylic acids is 1. The Bertz CT molecular complexity index is 1680. The van der Waals surface area contributed by atoms with Gasteiger partial charge in [0.05, 0.1) is 31.9 Å². The number of fused-ring (bicyclic) bond motifs is 1. The molecule has 0 aliphatic rings. The van der Waals surface area contributed by atoms with Crippen LogP contribution in [0.2, 0.25) is 5.02 Å². The smallest absolute Gasteiger partial charge is 0.261 e. The number of sulfonamides is 1. The second kappa shape index (κ2) is 11.0. The van der Waals surface area contributed by atoms with E-state index in [2.05, 4.69) is 4.72 Å². The van der Waals surface area contributed by atoms with Gasteiger partial charge in [-0.15, -0.1) is 0 Å². The number of rotatable bonds is 9. The molecule has 0 radical (unpaired) electrons. The Morgan fingerprint density at radius 3 is 2.33 bits per heavy atom. The van der Waals surface area contributed by atoms with E-state index in [1.165, 1.54) is 58.9 Å². The predicted molar refractivity (Wildman–Crippen MR) is 151 cm³/mol. The molecular weight excluding hydrogens is 562 g/mol. The van der Waals surface area contributed by atoms with E-state index < -0.39 is 10.0 Å². The van der Waals surface area contributed by atoms with E-state index in [1.54, 1.807) is 50.6 Å². The van der Waals surface area contributed by atoms with E-state index in [1.807, 2.05) is 0 Å². The zero-order valence-corrected chi connectivity index (χ0v) is 23.1. The summed E-state index contributed by atoms with van der Waals surface area (Å²) < 4.78 is 45.2. The van der Waals surface area contributed by atoms with Gasteiger partial charge < -0.3 is 13.9 Å². The lowest BCUT2D eigenvalue weighted by Crippen LogP contribution is -2.30. The highest BCUT2D eigenvalue weighted by Crippen LogP contribution is 2.40. The molecule has 5 rings (SSSR count). The molecule has 2 heterocycles. The lowest BCUT2D eigenvalue weighted by Gasteiger charge is -2.19. The average molecular weight is 584 g/mol. The van der Waals surface area contributed by atoms with E-state index >= 15 is 0 Å². The number of carbonyl (C=O) groups is 1. The van der Waals surface area contributed by atoms with E-state index in [0.717, 1.165) is 4.70 Å². The summed E-state index contributed by atoms with van der Waals surface area (Å²) in [6.07, 6.45) is 1.53. The van der Waals surface area contributed by atoms with Crippen molar-refractivity contribution in [3.63, 3.8) is 0 Å². The Morgan fingerprint density at radius 1 is 1.00 bits per heavy atom. The third-order valence-electron chi connectivity index (χ3n) is 5.78. The quantitative estimate of drug-likeness (QED) is 0.220. The monoisotopic (exact) mass is 583 g/mol. The number of hydrogen-bond acceptors (Lipinski definition) is 8. The number of nitrogens with zero attached hydrogens (tertiary/aromatic N) is 2. The first kappa shape index (κ1) is 26.5. The van der Waals surface area contributed by atoms with E-state index in [-0.39, 0.29) is 17.3 Å². The number of benzene rings is 3. The zero-order valence-electron chi connectivity index (χ0n) is 20.8. The molecule has 39 heavy (non-hydrogen) atoms. The van der Waals surface area contributed by atoms with Gasteiger partial charge in [-0.2, -0.15) is 0 Å². The molecule has 5 aromatic rings. The summed E-state index contributed by atoms with van der Waals surface area (Å²) in [5.74, 6) is 1.37. The molecule has 1 amide bonds. The third kappa shape index (κ3) is 5.56. The molecule has 0 spiro atoms. The molecule has 0 saturated carbocycles. The molecule has 0 aliphatic heterocycles. The standard InChI is InChI=1S/C27H22ClN3O6S2/c1-35-22-13-14-23(36-2)25-24(22)29-27(38-25)31(16-20-4-3-15-37-20)26(32)17-5-9-19(10-6-17)30-39(33,34)21-11-7-18(28)8-12-21/h3-15,30H,16H2,1-2H3. The minimum atomic E-state index is -3.83. The maximum Gasteiger partial charge on any atom is 0.261 e. The highest BCUT2D eigenvalue weighted by molar-refractivity contribution is 7.92. The molecule has 3 aromatic carbocycles. The van der Waals surface area contributed by atoms with E-state index in [0.29, 0.717) is 44.2 Å². The third-order valence-corrected chi connectivity index (χ3v) is 8.52. The minimum Gasteiger partial charge on any atom is -0.495 e. The molecule has 1 N–H and O–H groups in total. The highest BCUT2D eigenvalue weighted by atomic mass is 35.5. The molecule has 2 aromatic heterocycles. The Hall–Kier alpha value is -4.06. The van der Waals surface area contributed by atoms with Crippen molar-refractivity contribution in [1.29, 1.82) is 0 Å². The first-order chi connectivity index (χ1) is 18.8. The molecule has 12 heteroatoms. The lowest BCUT2D eigenvalue weighted by atomic mass is 10.2. The first-order valence-corrected chi connectivity index (χ1v) is 14.2. The fourth-order valence-corrected chi connectivity index (χ4v) is 6.10.